The van der Waals surface area contributed by atoms with Crippen molar-refractivity contribution in [3.63, 3.8) is 0 Å². The van der Waals surface area contributed by atoms with Crippen LogP contribution in [-0.2, 0) is 4.79 Å². The molecule has 1 amide bonds. The molecular formula is C20H21NO3. The Kier molecular flexibility index (Phi) is 5.16. The second-order valence-electron chi connectivity index (χ2n) is 5.54. The Hall–Kier alpha value is -2.75. The van der Waals surface area contributed by atoms with Crippen molar-refractivity contribution in [3.05, 3.63) is 65.7 Å². The molecule has 0 aromatic heterocycles. The number of hydrogen-bond acceptors (Lipinski definition) is 3. The molecule has 1 heterocycles. The van der Waals surface area contributed by atoms with Gasteiger partial charge >= 0.3 is 0 Å². The maximum atomic E-state index is 12.3. The quantitative estimate of drug-likeness (QED) is 0.853. The molecule has 0 saturated heterocycles. The van der Waals surface area contributed by atoms with Crippen LogP contribution in [0.3, 0.4) is 0 Å². The van der Waals surface area contributed by atoms with Crippen molar-refractivity contribution in [2.24, 2.45) is 0 Å². The number of para-hydroxylation sites is 2. The lowest BCUT2D eigenvalue weighted by atomic mass is 10.0. The number of rotatable bonds is 5. The molecule has 0 saturated carbocycles. The van der Waals surface area contributed by atoms with Gasteiger partial charge in [0.05, 0.1) is 19.3 Å². The van der Waals surface area contributed by atoms with Gasteiger partial charge < -0.3 is 14.8 Å². The van der Waals surface area contributed by atoms with Crippen molar-refractivity contribution in [2.45, 2.75) is 19.4 Å². The first kappa shape index (κ1) is 16.1. The minimum atomic E-state index is -0.122. The fraction of sp³-hybridized carbons (Fsp3) is 0.250. The first-order valence-corrected chi connectivity index (χ1v) is 8.20. The summed E-state index contributed by atoms with van der Waals surface area (Å²) >= 11 is 0. The van der Waals surface area contributed by atoms with E-state index in [1.165, 1.54) is 0 Å². The van der Waals surface area contributed by atoms with E-state index >= 15 is 0 Å². The monoisotopic (exact) mass is 323 g/mol. The third kappa shape index (κ3) is 3.77. The van der Waals surface area contributed by atoms with Crippen LogP contribution in [0, 0.1) is 0 Å². The first-order valence-electron chi connectivity index (χ1n) is 8.20. The average molecular weight is 323 g/mol. The van der Waals surface area contributed by atoms with Crippen molar-refractivity contribution < 1.29 is 14.3 Å². The van der Waals surface area contributed by atoms with Crippen LogP contribution in [0.5, 0.6) is 11.5 Å². The number of amides is 1. The van der Waals surface area contributed by atoms with Gasteiger partial charge in [-0.05, 0) is 25.1 Å². The predicted octanol–water partition coefficient (Wildman–Crippen LogP) is 3.74. The van der Waals surface area contributed by atoms with Gasteiger partial charge in [-0.25, -0.2) is 0 Å². The number of hydrogen-bond donors (Lipinski definition) is 1. The number of fused-ring (bicyclic) bond motifs is 1. The Morgan fingerprint density at radius 3 is 2.92 bits per heavy atom. The Labute approximate surface area is 142 Å². The molecule has 0 aliphatic carbocycles. The summed E-state index contributed by atoms with van der Waals surface area (Å²) in [6.45, 7) is 3.14. The van der Waals surface area contributed by atoms with Crippen LogP contribution in [0.2, 0.25) is 0 Å². The second-order valence-corrected chi connectivity index (χ2v) is 5.54. The lowest BCUT2D eigenvalue weighted by Gasteiger charge is -2.26. The molecule has 4 nitrogen and oxygen atoms in total. The molecule has 1 atom stereocenters. The van der Waals surface area contributed by atoms with E-state index in [9.17, 15) is 4.79 Å². The molecule has 4 heteroatoms. The summed E-state index contributed by atoms with van der Waals surface area (Å²) < 4.78 is 11.2. The van der Waals surface area contributed by atoms with Gasteiger partial charge in [0.2, 0.25) is 5.91 Å². The van der Waals surface area contributed by atoms with Gasteiger partial charge in [-0.3, -0.25) is 4.79 Å². The maximum Gasteiger partial charge on any atom is 0.244 e. The highest BCUT2D eigenvalue weighted by molar-refractivity contribution is 5.92. The molecule has 2 aromatic carbocycles. The van der Waals surface area contributed by atoms with Gasteiger partial charge in [0, 0.05) is 23.6 Å². The molecular weight excluding hydrogens is 302 g/mol. The normalized spacial score (nSPS) is 16.3. The standard InChI is InChI=1S/C20H21NO3/c1-2-23-18-9-5-3-7-15(18)11-12-20(22)21-17-13-14-24-19-10-6-4-8-16(17)19/h3-12,17H,2,13-14H2,1H3,(H,21,22)/b12-11+/t17-/m1/s1. The topological polar surface area (TPSA) is 47.6 Å². The van der Waals surface area contributed by atoms with Crippen molar-refractivity contribution in [2.75, 3.05) is 13.2 Å². The zero-order valence-electron chi connectivity index (χ0n) is 13.7. The average Bonchev–Trinajstić information content (AvgIpc) is 2.62. The Bertz CT molecular complexity index is 739. The maximum absolute atomic E-state index is 12.3. The van der Waals surface area contributed by atoms with Gasteiger partial charge in [0.25, 0.3) is 0 Å². The third-order valence-corrected chi connectivity index (χ3v) is 3.91. The van der Waals surface area contributed by atoms with Gasteiger partial charge in [-0.2, -0.15) is 0 Å². The van der Waals surface area contributed by atoms with E-state index in [1.54, 1.807) is 12.2 Å². The van der Waals surface area contributed by atoms with E-state index in [-0.39, 0.29) is 11.9 Å². The fourth-order valence-corrected chi connectivity index (χ4v) is 2.78. The van der Waals surface area contributed by atoms with Crippen molar-refractivity contribution in [1.82, 2.24) is 5.32 Å². The van der Waals surface area contributed by atoms with E-state index in [2.05, 4.69) is 5.32 Å². The number of carbonyl (C=O) groups excluding carboxylic acids is 1. The highest BCUT2D eigenvalue weighted by Gasteiger charge is 2.21. The van der Waals surface area contributed by atoms with Crippen LogP contribution >= 0.6 is 0 Å². The number of carbonyl (C=O) groups is 1. The summed E-state index contributed by atoms with van der Waals surface area (Å²) in [5, 5.41) is 3.05. The van der Waals surface area contributed by atoms with Gasteiger partial charge in [-0.1, -0.05) is 36.4 Å². The minimum Gasteiger partial charge on any atom is -0.493 e. The molecule has 24 heavy (non-hydrogen) atoms. The highest BCUT2D eigenvalue weighted by atomic mass is 16.5. The summed E-state index contributed by atoms with van der Waals surface area (Å²) in [7, 11) is 0. The SMILES string of the molecule is CCOc1ccccc1/C=C/C(=O)N[C@@H]1CCOc2ccccc21. The molecule has 0 spiro atoms. The summed E-state index contributed by atoms with van der Waals surface area (Å²) in [6, 6.07) is 15.5. The molecule has 3 rings (SSSR count). The third-order valence-electron chi connectivity index (χ3n) is 3.91. The zero-order chi connectivity index (χ0) is 16.8. The number of nitrogens with one attached hydrogen (secondary N) is 1. The molecule has 2 aromatic rings. The van der Waals surface area contributed by atoms with Gasteiger partial charge in [0.1, 0.15) is 11.5 Å². The fourth-order valence-electron chi connectivity index (χ4n) is 2.78. The molecule has 1 aliphatic rings. The van der Waals surface area contributed by atoms with Gasteiger partial charge in [0.15, 0.2) is 0 Å². The smallest absolute Gasteiger partial charge is 0.244 e. The Morgan fingerprint density at radius 2 is 2.04 bits per heavy atom. The van der Waals surface area contributed by atoms with Crippen LogP contribution in [0.15, 0.2) is 54.6 Å². The molecule has 0 bridgehead atoms. The van der Waals surface area contributed by atoms with E-state index in [0.717, 1.165) is 29.0 Å². The van der Waals surface area contributed by atoms with E-state index in [0.29, 0.717) is 13.2 Å². The van der Waals surface area contributed by atoms with E-state index in [4.69, 9.17) is 9.47 Å². The largest absolute Gasteiger partial charge is 0.493 e. The lowest BCUT2D eigenvalue weighted by Crippen LogP contribution is -2.30. The number of ether oxygens (including phenoxy) is 2. The van der Waals surface area contributed by atoms with Crippen molar-refractivity contribution >= 4 is 12.0 Å². The van der Waals surface area contributed by atoms with E-state index < -0.39 is 0 Å². The summed E-state index contributed by atoms with van der Waals surface area (Å²) in [4.78, 5) is 12.3. The first-order chi connectivity index (χ1) is 11.8. The summed E-state index contributed by atoms with van der Waals surface area (Å²) in [5.41, 5.74) is 1.92. The molecule has 124 valence electrons. The highest BCUT2D eigenvalue weighted by Crippen LogP contribution is 2.31. The lowest BCUT2D eigenvalue weighted by molar-refractivity contribution is -0.117. The van der Waals surface area contributed by atoms with Crippen molar-refractivity contribution in [3.8, 4) is 11.5 Å². The van der Waals surface area contributed by atoms with Crippen LogP contribution in [0.1, 0.15) is 30.5 Å². The summed E-state index contributed by atoms with van der Waals surface area (Å²) in [6.07, 6.45) is 4.10. The number of benzene rings is 2. The Balaban J connectivity index is 1.69. The zero-order valence-corrected chi connectivity index (χ0v) is 13.7. The molecule has 1 N–H and O–H groups in total. The molecule has 0 fully saturated rings. The van der Waals surface area contributed by atoms with Crippen LogP contribution in [0.25, 0.3) is 6.08 Å². The molecule has 0 unspecified atom stereocenters. The second kappa shape index (κ2) is 7.68. The minimum absolute atomic E-state index is 0.0192. The predicted molar refractivity (Wildman–Crippen MR) is 94.1 cm³/mol. The van der Waals surface area contributed by atoms with E-state index in [1.807, 2.05) is 55.5 Å². The van der Waals surface area contributed by atoms with Crippen molar-refractivity contribution in [1.29, 1.82) is 0 Å². The van der Waals surface area contributed by atoms with Crippen LogP contribution in [0.4, 0.5) is 0 Å². The summed E-state index contributed by atoms with van der Waals surface area (Å²) in [5.74, 6) is 1.50. The van der Waals surface area contributed by atoms with Crippen LogP contribution in [-0.4, -0.2) is 19.1 Å². The molecule has 0 radical (unpaired) electrons. The Morgan fingerprint density at radius 1 is 1.25 bits per heavy atom. The van der Waals surface area contributed by atoms with Gasteiger partial charge in [-0.15, -0.1) is 0 Å². The molecule has 1 aliphatic heterocycles. The van der Waals surface area contributed by atoms with Crippen LogP contribution < -0.4 is 14.8 Å².